The molecule has 0 aliphatic carbocycles. The van der Waals surface area contributed by atoms with Gasteiger partial charge in [0.25, 0.3) is 0 Å². The van der Waals surface area contributed by atoms with Crippen LogP contribution < -0.4 is 5.73 Å². The Kier molecular flexibility index (Phi) is 6.73. The van der Waals surface area contributed by atoms with Crippen molar-refractivity contribution in [2.24, 2.45) is 5.73 Å². The van der Waals surface area contributed by atoms with Gasteiger partial charge in [-0.15, -0.1) is 0 Å². The molecule has 0 bridgehead atoms. The Morgan fingerprint density at radius 3 is 2.33 bits per heavy atom. The second kappa shape index (κ2) is 7.84. The number of hydrogen-bond acceptors (Lipinski definition) is 4. The van der Waals surface area contributed by atoms with Crippen LogP contribution in [0.15, 0.2) is 29.2 Å². The van der Waals surface area contributed by atoms with Gasteiger partial charge >= 0.3 is 0 Å². The molecule has 0 saturated carbocycles. The van der Waals surface area contributed by atoms with Crippen molar-refractivity contribution in [2.45, 2.75) is 37.6 Å². The maximum atomic E-state index is 12.6. The first-order chi connectivity index (χ1) is 9.78. The number of sulfonamides is 1. The fourth-order valence-electron chi connectivity index (χ4n) is 2.00. The summed E-state index contributed by atoms with van der Waals surface area (Å²) in [7, 11) is -3.56. The number of rotatable bonds is 8. The molecular formula is C14H22N2O3S2. The standard InChI is InChI=1S/C14H22N2O3S2/c1-11(2)16(8-3-9-17)21(18,19)13-6-4-12(5-7-13)10-14(15)20/h4-7,11,17H,3,8-10H2,1-2H3,(H2,15,20). The van der Waals surface area contributed by atoms with Gasteiger partial charge in [-0.25, -0.2) is 8.42 Å². The highest BCUT2D eigenvalue weighted by atomic mass is 32.2. The molecule has 0 aliphatic heterocycles. The van der Waals surface area contributed by atoms with Gasteiger partial charge in [0.1, 0.15) is 0 Å². The predicted molar refractivity (Wildman–Crippen MR) is 87.7 cm³/mol. The van der Waals surface area contributed by atoms with Gasteiger partial charge in [0.15, 0.2) is 0 Å². The van der Waals surface area contributed by atoms with Crippen molar-refractivity contribution in [3.05, 3.63) is 29.8 Å². The summed E-state index contributed by atoms with van der Waals surface area (Å²) in [5, 5.41) is 8.91. The van der Waals surface area contributed by atoms with Crippen LogP contribution in [0.4, 0.5) is 0 Å². The monoisotopic (exact) mass is 330 g/mol. The first-order valence-corrected chi connectivity index (χ1v) is 8.63. The highest BCUT2D eigenvalue weighted by Gasteiger charge is 2.26. The molecule has 1 rings (SSSR count). The highest BCUT2D eigenvalue weighted by Crippen LogP contribution is 2.19. The number of aliphatic hydroxyl groups excluding tert-OH is 1. The van der Waals surface area contributed by atoms with Crippen molar-refractivity contribution >= 4 is 27.2 Å². The van der Waals surface area contributed by atoms with Gasteiger partial charge in [-0.05, 0) is 38.0 Å². The summed E-state index contributed by atoms with van der Waals surface area (Å²) in [4.78, 5) is 0.609. The minimum Gasteiger partial charge on any atom is -0.396 e. The van der Waals surface area contributed by atoms with Crippen LogP contribution in [0.2, 0.25) is 0 Å². The highest BCUT2D eigenvalue weighted by molar-refractivity contribution is 7.89. The van der Waals surface area contributed by atoms with Gasteiger partial charge < -0.3 is 10.8 Å². The zero-order valence-electron chi connectivity index (χ0n) is 12.3. The normalized spacial score (nSPS) is 12.0. The van der Waals surface area contributed by atoms with E-state index >= 15 is 0 Å². The zero-order chi connectivity index (χ0) is 16.0. The number of hydrogen-bond donors (Lipinski definition) is 2. The van der Waals surface area contributed by atoms with Gasteiger partial charge in [0, 0.05) is 25.6 Å². The Morgan fingerprint density at radius 2 is 1.90 bits per heavy atom. The molecule has 5 nitrogen and oxygen atoms in total. The third kappa shape index (κ3) is 5.03. The van der Waals surface area contributed by atoms with Crippen molar-refractivity contribution in [1.29, 1.82) is 0 Å². The lowest BCUT2D eigenvalue weighted by Gasteiger charge is -2.25. The van der Waals surface area contributed by atoms with Gasteiger partial charge in [-0.2, -0.15) is 4.31 Å². The van der Waals surface area contributed by atoms with E-state index in [4.69, 9.17) is 23.1 Å². The third-order valence-corrected chi connectivity index (χ3v) is 5.25. The van der Waals surface area contributed by atoms with Gasteiger partial charge in [-0.3, -0.25) is 0 Å². The molecule has 0 aliphatic rings. The summed E-state index contributed by atoms with van der Waals surface area (Å²) in [6.07, 6.45) is 0.866. The molecule has 118 valence electrons. The topological polar surface area (TPSA) is 83.6 Å². The molecule has 7 heteroatoms. The molecule has 0 spiro atoms. The minimum atomic E-state index is -3.56. The largest absolute Gasteiger partial charge is 0.396 e. The summed E-state index contributed by atoms with van der Waals surface area (Å²) in [6, 6.07) is 6.40. The van der Waals surface area contributed by atoms with Crippen LogP contribution in [0.5, 0.6) is 0 Å². The molecule has 0 saturated heterocycles. The fraction of sp³-hybridized carbons (Fsp3) is 0.500. The molecule has 0 unspecified atom stereocenters. The Bertz CT molecular complexity index is 568. The Labute approximate surface area is 131 Å². The average Bonchev–Trinajstić information content (AvgIpc) is 2.38. The van der Waals surface area contributed by atoms with E-state index in [0.717, 1.165) is 5.56 Å². The Hall–Kier alpha value is -1.02. The van der Waals surface area contributed by atoms with Crippen molar-refractivity contribution in [2.75, 3.05) is 13.2 Å². The molecule has 0 amide bonds. The quantitative estimate of drug-likeness (QED) is 0.702. The minimum absolute atomic E-state index is 0.0361. The van der Waals surface area contributed by atoms with Crippen LogP contribution in [-0.4, -0.2) is 42.0 Å². The van der Waals surface area contributed by atoms with Gasteiger partial charge in [0.2, 0.25) is 10.0 Å². The van der Waals surface area contributed by atoms with E-state index < -0.39 is 10.0 Å². The first kappa shape index (κ1) is 18.0. The number of aliphatic hydroxyl groups is 1. The van der Waals surface area contributed by atoms with Gasteiger partial charge in [0.05, 0.1) is 9.88 Å². The molecule has 0 fully saturated rings. The van der Waals surface area contributed by atoms with Crippen LogP contribution in [-0.2, 0) is 16.4 Å². The lowest BCUT2D eigenvalue weighted by Crippen LogP contribution is -2.38. The van der Waals surface area contributed by atoms with E-state index in [2.05, 4.69) is 0 Å². The number of thiocarbonyl (C=S) groups is 1. The molecule has 0 radical (unpaired) electrons. The Balaban J connectivity index is 3.02. The average molecular weight is 330 g/mol. The third-order valence-electron chi connectivity index (χ3n) is 3.02. The first-order valence-electron chi connectivity index (χ1n) is 6.79. The van der Waals surface area contributed by atoms with E-state index in [9.17, 15) is 8.42 Å². The lowest BCUT2D eigenvalue weighted by atomic mass is 10.1. The number of benzene rings is 1. The van der Waals surface area contributed by atoms with Crippen molar-refractivity contribution in [3.8, 4) is 0 Å². The number of nitrogens with two attached hydrogens (primary N) is 1. The fourth-order valence-corrected chi connectivity index (χ4v) is 3.84. The molecular weight excluding hydrogens is 308 g/mol. The molecule has 1 aromatic carbocycles. The molecule has 3 N–H and O–H groups in total. The molecule has 21 heavy (non-hydrogen) atoms. The lowest BCUT2D eigenvalue weighted by molar-refractivity contribution is 0.258. The maximum absolute atomic E-state index is 12.6. The molecule has 0 aromatic heterocycles. The SMILES string of the molecule is CC(C)N(CCCO)S(=O)(=O)c1ccc(CC(N)=S)cc1. The van der Waals surface area contributed by atoms with Crippen molar-refractivity contribution in [1.82, 2.24) is 4.31 Å². The van der Waals surface area contributed by atoms with E-state index in [1.54, 1.807) is 24.3 Å². The molecule has 1 aromatic rings. The van der Waals surface area contributed by atoms with Crippen LogP contribution in [0.25, 0.3) is 0 Å². The number of nitrogens with zero attached hydrogens (tertiary/aromatic N) is 1. The van der Waals surface area contributed by atoms with Crippen molar-refractivity contribution < 1.29 is 13.5 Å². The second-order valence-corrected chi connectivity index (χ2v) is 7.49. The second-order valence-electron chi connectivity index (χ2n) is 5.07. The van der Waals surface area contributed by atoms with E-state index in [0.29, 0.717) is 24.4 Å². The summed E-state index contributed by atoms with van der Waals surface area (Å²) in [6.45, 7) is 3.89. The van der Waals surface area contributed by atoms with E-state index in [1.165, 1.54) is 4.31 Å². The predicted octanol–water partition coefficient (Wildman–Crippen LogP) is 1.30. The summed E-state index contributed by atoms with van der Waals surface area (Å²) in [5.74, 6) is 0. The molecule has 0 heterocycles. The van der Waals surface area contributed by atoms with Crippen LogP contribution in [0, 0.1) is 0 Å². The zero-order valence-corrected chi connectivity index (χ0v) is 14.0. The summed E-state index contributed by atoms with van der Waals surface area (Å²) < 4.78 is 26.6. The van der Waals surface area contributed by atoms with Crippen LogP contribution in [0.3, 0.4) is 0 Å². The Morgan fingerprint density at radius 1 is 1.33 bits per heavy atom. The van der Waals surface area contributed by atoms with Gasteiger partial charge in [-0.1, -0.05) is 24.4 Å². The summed E-state index contributed by atoms with van der Waals surface area (Å²) in [5.41, 5.74) is 6.35. The van der Waals surface area contributed by atoms with Crippen LogP contribution in [0.1, 0.15) is 25.8 Å². The van der Waals surface area contributed by atoms with Crippen molar-refractivity contribution in [3.63, 3.8) is 0 Å². The van der Waals surface area contributed by atoms with E-state index in [1.807, 2.05) is 13.8 Å². The van der Waals surface area contributed by atoms with Crippen LogP contribution >= 0.6 is 12.2 Å². The van der Waals surface area contributed by atoms with E-state index in [-0.39, 0.29) is 17.5 Å². The summed E-state index contributed by atoms with van der Waals surface area (Å²) >= 11 is 4.84. The smallest absolute Gasteiger partial charge is 0.243 e. The molecule has 0 atom stereocenters. The maximum Gasteiger partial charge on any atom is 0.243 e.